The number of nitrogens with zero attached hydrogens (tertiary/aromatic N) is 3. The van der Waals surface area contributed by atoms with Gasteiger partial charge in [0.15, 0.2) is 0 Å². The number of aryl methyl sites for hydroxylation is 1. The molecular weight excluding hydrogens is 338 g/mol. The average molecular weight is 366 g/mol. The van der Waals surface area contributed by atoms with Crippen LogP contribution in [0.5, 0.6) is 0 Å². The van der Waals surface area contributed by atoms with Crippen LogP contribution in [0.1, 0.15) is 30.0 Å². The molecule has 25 heavy (non-hydrogen) atoms. The van der Waals surface area contributed by atoms with Crippen LogP contribution >= 0.6 is 11.6 Å². The SMILES string of the molecule is Cc1ccc(Cl)c([C@H](C(=O)O)N2CCN(C3CCN(C)CC3)CC2)c1. The maximum absolute atomic E-state index is 12.0. The van der Waals surface area contributed by atoms with E-state index in [1.54, 1.807) is 6.07 Å². The van der Waals surface area contributed by atoms with Gasteiger partial charge >= 0.3 is 5.97 Å². The number of halogens is 1. The van der Waals surface area contributed by atoms with Gasteiger partial charge in [0, 0.05) is 37.2 Å². The van der Waals surface area contributed by atoms with Crippen LogP contribution in [0.15, 0.2) is 18.2 Å². The molecule has 0 aromatic heterocycles. The van der Waals surface area contributed by atoms with Crippen LogP contribution in [0, 0.1) is 6.92 Å². The molecule has 2 aliphatic rings. The van der Waals surface area contributed by atoms with Gasteiger partial charge in [-0.3, -0.25) is 14.6 Å². The third-order valence-electron chi connectivity index (χ3n) is 5.60. The summed E-state index contributed by atoms with van der Waals surface area (Å²) in [6.07, 6.45) is 2.42. The average Bonchev–Trinajstić information content (AvgIpc) is 2.59. The molecule has 0 amide bonds. The van der Waals surface area contributed by atoms with E-state index >= 15 is 0 Å². The number of carbonyl (C=O) groups is 1. The summed E-state index contributed by atoms with van der Waals surface area (Å²) in [5, 5.41) is 10.4. The maximum Gasteiger partial charge on any atom is 0.325 e. The highest BCUT2D eigenvalue weighted by Crippen LogP contribution is 2.30. The van der Waals surface area contributed by atoms with Crippen molar-refractivity contribution in [2.45, 2.75) is 31.8 Å². The summed E-state index contributed by atoms with van der Waals surface area (Å²) in [4.78, 5) is 19.0. The van der Waals surface area contributed by atoms with Gasteiger partial charge in [0.2, 0.25) is 0 Å². The van der Waals surface area contributed by atoms with Gasteiger partial charge in [0.25, 0.3) is 0 Å². The van der Waals surface area contributed by atoms with Gasteiger partial charge in [0.05, 0.1) is 0 Å². The van der Waals surface area contributed by atoms with Crippen LogP contribution in [-0.4, -0.2) is 78.1 Å². The molecular formula is C19H28ClN3O2. The number of aliphatic carboxylic acids is 1. The lowest BCUT2D eigenvalue weighted by Gasteiger charge is -2.43. The zero-order chi connectivity index (χ0) is 18.0. The van der Waals surface area contributed by atoms with Crippen molar-refractivity contribution in [3.8, 4) is 0 Å². The standard InChI is InChI=1S/C19H28ClN3O2/c1-14-3-4-17(20)16(13-14)18(19(24)25)23-11-9-22(10-12-23)15-5-7-21(2)8-6-15/h3-4,13,15,18H,5-12H2,1-2H3,(H,24,25)/t18-/m1/s1. The fraction of sp³-hybridized carbons (Fsp3) is 0.632. The van der Waals surface area contributed by atoms with Gasteiger partial charge < -0.3 is 10.0 Å². The fourth-order valence-electron chi connectivity index (χ4n) is 4.08. The number of rotatable bonds is 4. The van der Waals surface area contributed by atoms with Crippen molar-refractivity contribution in [3.63, 3.8) is 0 Å². The van der Waals surface area contributed by atoms with E-state index in [1.165, 1.54) is 12.8 Å². The van der Waals surface area contributed by atoms with Crippen molar-refractivity contribution >= 4 is 17.6 Å². The molecule has 1 N–H and O–H groups in total. The Morgan fingerprint density at radius 2 is 1.80 bits per heavy atom. The number of carboxylic acid groups (broad SMARTS) is 1. The monoisotopic (exact) mass is 365 g/mol. The van der Waals surface area contributed by atoms with Gasteiger partial charge in [-0.05, 0) is 51.5 Å². The smallest absolute Gasteiger partial charge is 0.325 e. The van der Waals surface area contributed by atoms with Gasteiger partial charge in [-0.2, -0.15) is 0 Å². The summed E-state index contributed by atoms with van der Waals surface area (Å²) >= 11 is 6.31. The van der Waals surface area contributed by atoms with E-state index in [9.17, 15) is 9.90 Å². The second-order valence-corrected chi connectivity index (χ2v) is 7.78. The highest BCUT2D eigenvalue weighted by molar-refractivity contribution is 6.31. The molecule has 0 bridgehead atoms. The van der Waals surface area contributed by atoms with E-state index in [0.29, 0.717) is 16.6 Å². The molecule has 5 nitrogen and oxygen atoms in total. The first-order chi connectivity index (χ1) is 12.0. The maximum atomic E-state index is 12.0. The number of hydrogen-bond donors (Lipinski definition) is 1. The Hall–Kier alpha value is -1.14. The summed E-state index contributed by atoms with van der Waals surface area (Å²) < 4.78 is 0. The van der Waals surface area contributed by atoms with Crippen LogP contribution in [0.3, 0.4) is 0 Å². The Bertz CT molecular complexity index is 609. The second kappa shape index (κ2) is 8.04. The van der Waals surface area contributed by atoms with Gasteiger partial charge in [0.1, 0.15) is 6.04 Å². The number of piperidine rings is 1. The lowest BCUT2D eigenvalue weighted by Crippen LogP contribution is -2.54. The minimum atomic E-state index is -0.819. The van der Waals surface area contributed by atoms with Gasteiger partial charge in [-0.1, -0.05) is 29.3 Å². The molecule has 0 saturated carbocycles. The van der Waals surface area contributed by atoms with Gasteiger partial charge in [-0.15, -0.1) is 0 Å². The van der Waals surface area contributed by atoms with Crippen molar-refractivity contribution in [1.29, 1.82) is 0 Å². The first-order valence-electron chi connectivity index (χ1n) is 9.11. The number of piperazine rings is 1. The predicted molar refractivity (Wildman–Crippen MR) is 100 cm³/mol. The Morgan fingerprint density at radius 3 is 2.40 bits per heavy atom. The minimum Gasteiger partial charge on any atom is -0.480 e. The van der Waals surface area contributed by atoms with Crippen molar-refractivity contribution in [3.05, 3.63) is 34.3 Å². The molecule has 1 aromatic rings. The van der Waals surface area contributed by atoms with Crippen LogP contribution in [0.4, 0.5) is 0 Å². The molecule has 0 spiro atoms. The van der Waals surface area contributed by atoms with Crippen LogP contribution in [0.2, 0.25) is 5.02 Å². The molecule has 6 heteroatoms. The van der Waals surface area contributed by atoms with Crippen LogP contribution < -0.4 is 0 Å². The normalized spacial score (nSPS) is 22.8. The third-order valence-corrected chi connectivity index (χ3v) is 5.94. The summed E-state index contributed by atoms with van der Waals surface area (Å²) in [7, 11) is 2.18. The molecule has 2 saturated heterocycles. The van der Waals surface area contributed by atoms with Crippen molar-refractivity contribution in [2.24, 2.45) is 0 Å². The molecule has 0 aliphatic carbocycles. The number of benzene rings is 1. The molecule has 3 rings (SSSR count). The Labute approximate surface area is 155 Å². The lowest BCUT2D eigenvalue weighted by atomic mass is 10.00. The number of likely N-dealkylation sites (tertiary alicyclic amines) is 1. The van der Waals surface area contributed by atoms with Crippen molar-refractivity contribution in [1.82, 2.24) is 14.7 Å². The summed E-state index contributed by atoms with van der Waals surface area (Å²) in [5.41, 5.74) is 1.75. The Morgan fingerprint density at radius 1 is 1.16 bits per heavy atom. The van der Waals surface area contributed by atoms with Crippen molar-refractivity contribution < 1.29 is 9.90 Å². The third kappa shape index (κ3) is 4.34. The van der Waals surface area contributed by atoms with Crippen LogP contribution in [0.25, 0.3) is 0 Å². The second-order valence-electron chi connectivity index (χ2n) is 7.37. The van der Waals surface area contributed by atoms with E-state index in [0.717, 1.165) is 44.8 Å². The Kier molecular flexibility index (Phi) is 6.00. The molecule has 2 aliphatic heterocycles. The zero-order valence-electron chi connectivity index (χ0n) is 15.1. The molecule has 2 fully saturated rings. The highest BCUT2D eigenvalue weighted by Gasteiger charge is 2.33. The molecule has 2 heterocycles. The fourth-order valence-corrected chi connectivity index (χ4v) is 4.30. The predicted octanol–water partition coefficient (Wildman–Crippen LogP) is 2.49. The zero-order valence-corrected chi connectivity index (χ0v) is 15.9. The van der Waals surface area contributed by atoms with E-state index in [1.807, 2.05) is 19.1 Å². The number of carboxylic acids is 1. The topological polar surface area (TPSA) is 47.0 Å². The molecule has 0 radical (unpaired) electrons. The Balaban J connectivity index is 1.67. The number of hydrogen-bond acceptors (Lipinski definition) is 4. The lowest BCUT2D eigenvalue weighted by molar-refractivity contribution is -0.144. The molecule has 1 aromatic carbocycles. The van der Waals surface area contributed by atoms with Gasteiger partial charge in [-0.25, -0.2) is 0 Å². The van der Waals surface area contributed by atoms with E-state index in [-0.39, 0.29) is 0 Å². The summed E-state index contributed by atoms with van der Waals surface area (Å²) in [6.45, 7) is 7.68. The molecule has 0 unspecified atom stereocenters. The van der Waals surface area contributed by atoms with E-state index in [4.69, 9.17) is 11.6 Å². The first-order valence-corrected chi connectivity index (χ1v) is 9.49. The highest BCUT2D eigenvalue weighted by atomic mass is 35.5. The van der Waals surface area contributed by atoms with E-state index < -0.39 is 12.0 Å². The summed E-state index contributed by atoms with van der Waals surface area (Å²) in [5.74, 6) is -0.819. The van der Waals surface area contributed by atoms with Crippen molar-refractivity contribution in [2.75, 3.05) is 46.3 Å². The molecule has 138 valence electrons. The van der Waals surface area contributed by atoms with Crippen LogP contribution in [-0.2, 0) is 4.79 Å². The first kappa shape index (κ1) is 18.6. The minimum absolute atomic E-state index is 0.538. The van der Waals surface area contributed by atoms with E-state index in [2.05, 4.69) is 21.7 Å². The summed E-state index contributed by atoms with van der Waals surface area (Å²) in [6, 6.07) is 5.61. The largest absolute Gasteiger partial charge is 0.480 e. The quantitative estimate of drug-likeness (QED) is 0.888. The molecule has 1 atom stereocenters.